The van der Waals surface area contributed by atoms with Crippen LogP contribution in [0.1, 0.15) is 30.9 Å². The number of hydrogen-bond donors (Lipinski definition) is 0. The van der Waals surface area contributed by atoms with E-state index in [9.17, 15) is 13.6 Å². The van der Waals surface area contributed by atoms with Crippen molar-refractivity contribution in [2.75, 3.05) is 0 Å². The summed E-state index contributed by atoms with van der Waals surface area (Å²) in [6.07, 6.45) is 5.33. The average Bonchev–Trinajstić information content (AvgIpc) is 2.39. The molecule has 0 atom stereocenters. The first-order valence-electron chi connectivity index (χ1n) is 6.02. The smallest absolute Gasteiger partial charge is 0.298 e. The third-order valence-electron chi connectivity index (χ3n) is 3.09. The Morgan fingerprint density at radius 3 is 2.50 bits per heavy atom. The first kappa shape index (κ1) is 14.0. The van der Waals surface area contributed by atoms with E-state index in [-0.39, 0.29) is 29.1 Å². The van der Waals surface area contributed by atoms with E-state index < -0.39 is 11.6 Å². The molecule has 2 aromatic carbocycles. The maximum absolute atomic E-state index is 14.0. The van der Waals surface area contributed by atoms with Crippen molar-refractivity contribution in [3.8, 4) is 18.1 Å². The molecule has 0 heterocycles. The normalized spacial score (nSPS) is 10.6. The minimum Gasteiger partial charge on any atom is -0.429 e. The highest BCUT2D eigenvalue weighted by Gasteiger charge is 2.17. The van der Waals surface area contributed by atoms with Crippen molar-refractivity contribution in [1.82, 2.24) is 0 Å². The minimum absolute atomic E-state index is 0.0164. The van der Waals surface area contributed by atoms with E-state index in [4.69, 9.17) is 11.2 Å². The lowest BCUT2D eigenvalue weighted by Gasteiger charge is -2.14. The van der Waals surface area contributed by atoms with Gasteiger partial charge in [-0.05, 0) is 23.6 Å². The number of carbonyl (C=O) groups excluding carboxylic acids is 1. The van der Waals surface area contributed by atoms with E-state index in [1.165, 1.54) is 6.07 Å². The zero-order valence-electron chi connectivity index (χ0n) is 11.0. The summed E-state index contributed by atoms with van der Waals surface area (Å²) in [5.41, 5.74) is 0.647. The molecular weight excluding hydrogens is 262 g/mol. The number of terminal acetylenes is 1. The van der Waals surface area contributed by atoms with Crippen molar-refractivity contribution >= 4 is 17.2 Å². The molecule has 0 aromatic heterocycles. The van der Waals surface area contributed by atoms with Gasteiger partial charge in [-0.25, -0.2) is 8.78 Å². The van der Waals surface area contributed by atoms with Gasteiger partial charge in [-0.3, -0.25) is 4.79 Å². The second kappa shape index (κ2) is 5.30. The van der Waals surface area contributed by atoms with Crippen LogP contribution in [0.15, 0.2) is 18.2 Å². The molecule has 0 saturated carbocycles. The second-order valence-electron chi connectivity index (χ2n) is 4.66. The highest BCUT2D eigenvalue weighted by atomic mass is 19.1. The molecule has 4 heteroatoms. The maximum Gasteiger partial charge on any atom is 0.298 e. The van der Waals surface area contributed by atoms with Crippen LogP contribution in [0.2, 0.25) is 0 Å². The largest absolute Gasteiger partial charge is 0.429 e. The van der Waals surface area contributed by atoms with Gasteiger partial charge in [0, 0.05) is 16.8 Å². The molecule has 20 heavy (non-hydrogen) atoms. The van der Waals surface area contributed by atoms with E-state index in [2.05, 4.69) is 5.92 Å². The van der Waals surface area contributed by atoms with Crippen LogP contribution >= 0.6 is 0 Å². The molecule has 0 aliphatic heterocycles. The molecule has 0 fully saturated rings. The number of rotatable bonds is 3. The summed E-state index contributed by atoms with van der Waals surface area (Å²) in [7, 11) is 0. The first-order chi connectivity index (χ1) is 9.49. The first-order valence-corrected chi connectivity index (χ1v) is 6.02. The number of hydrogen-bond acceptors (Lipinski definition) is 2. The highest BCUT2D eigenvalue weighted by Crippen LogP contribution is 2.35. The second-order valence-corrected chi connectivity index (χ2v) is 4.66. The van der Waals surface area contributed by atoms with Gasteiger partial charge in [-0.15, -0.1) is 6.42 Å². The minimum atomic E-state index is -0.775. The lowest BCUT2D eigenvalue weighted by Crippen LogP contribution is -1.99. The molecular formula is C16H12F2O2. The Balaban J connectivity index is 2.97. The zero-order valence-corrected chi connectivity index (χ0v) is 11.0. The summed E-state index contributed by atoms with van der Waals surface area (Å²) in [4.78, 5) is 10.4. The van der Waals surface area contributed by atoms with Crippen LogP contribution in [-0.4, -0.2) is 6.47 Å². The molecule has 0 spiro atoms. The molecule has 0 radical (unpaired) electrons. The third-order valence-corrected chi connectivity index (χ3v) is 3.09. The van der Waals surface area contributed by atoms with E-state index >= 15 is 0 Å². The van der Waals surface area contributed by atoms with E-state index in [0.717, 1.165) is 6.07 Å². The van der Waals surface area contributed by atoms with Gasteiger partial charge in [0.25, 0.3) is 6.47 Å². The summed E-state index contributed by atoms with van der Waals surface area (Å²) in [6, 6.07) is 3.65. The van der Waals surface area contributed by atoms with Crippen molar-refractivity contribution in [2.24, 2.45) is 0 Å². The third kappa shape index (κ3) is 2.23. The number of fused-ring (bicyclic) bond motifs is 1. The van der Waals surface area contributed by atoms with Gasteiger partial charge in [-0.2, -0.15) is 0 Å². The highest BCUT2D eigenvalue weighted by molar-refractivity contribution is 5.93. The molecule has 2 rings (SSSR count). The van der Waals surface area contributed by atoms with Gasteiger partial charge in [0.2, 0.25) is 0 Å². The molecule has 0 aliphatic carbocycles. The number of benzene rings is 2. The summed E-state index contributed by atoms with van der Waals surface area (Å²) in [6.45, 7) is 3.99. The quantitative estimate of drug-likeness (QED) is 0.629. The molecule has 0 N–H and O–H groups in total. The predicted molar refractivity (Wildman–Crippen MR) is 72.6 cm³/mol. The Kier molecular flexibility index (Phi) is 3.71. The van der Waals surface area contributed by atoms with Gasteiger partial charge < -0.3 is 4.74 Å². The number of halogens is 2. The average molecular weight is 274 g/mol. The Bertz CT molecular complexity index is 728. The Morgan fingerprint density at radius 2 is 1.95 bits per heavy atom. The fourth-order valence-electron chi connectivity index (χ4n) is 2.21. The summed E-state index contributed by atoms with van der Waals surface area (Å²) >= 11 is 0. The van der Waals surface area contributed by atoms with Crippen LogP contribution in [0.4, 0.5) is 8.78 Å². The van der Waals surface area contributed by atoms with Gasteiger partial charge in [-0.1, -0.05) is 19.8 Å². The van der Waals surface area contributed by atoms with Crippen LogP contribution in [0.25, 0.3) is 10.8 Å². The van der Waals surface area contributed by atoms with Crippen LogP contribution in [0, 0.1) is 24.0 Å². The topological polar surface area (TPSA) is 26.3 Å². The molecule has 0 aliphatic rings. The van der Waals surface area contributed by atoms with Gasteiger partial charge >= 0.3 is 0 Å². The fraction of sp³-hybridized carbons (Fsp3) is 0.188. The van der Waals surface area contributed by atoms with E-state index in [0.29, 0.717) is 10.9 Å². The molecule has 102 valence electrons. The predicted octanol–water partition coefficient (Wildman–Crippen LogP) is 3.76. The van der Waals surface area contributed by atoms with E-state index in [1.807, 2.05) is 13.8 Å². The number of carbonyl (C=O) groups is 1. The zero-order chi connectivity index (χ0) is 14.9. The summed E-state index contributed by atoms with van der Waals surface area (Å²) in [5.74, 6) is 0.903. The maximum atomic E-state index is 14.0. The summed E-state index contributed by atoms with van der Waals surface area (Å²) in [5, 5.41) is 0.487. The standard InChI is InChI=1S/C16H12F2O2/c1-4-11-14(17)7-15(18)13-6-10(20-8-19)5-12(9(2)3)16(11)13/h1,5-9H,2-3H3. The lowest BCUT2D eigenvalue weighted by molar-refractivity contribution is -0.120. The Labute approximate surface area is 115 Å². The Morgan fingerprint density at radius 1 is 1.25 bits per heavy atom. The van der Waals surface area contributed by atoms with E-state index in [1.54, 1.807) is 6.07 Å². The van der Waals surface area contributed by atoms with Gasteiger partial charge in [0.1, 0.15) is 17.4 Å². The van der Waals surface area contributed by atoms with Gasteiger partial charge in [0.05, 0.1) is 5.56 Å². The summed E-state index contributed by atoms with van der Waals surface area (Å²) < 4.78 is 32.5. The van der Waals surface area contributed by atoms with Crippen molar-refractivity contribution in [2.45, 2.75) is 19.8 Å². The molecule has 2 nitrogen and oxygen atoms in total. The van der Waals surface area contributed by atoms with Crippen LogP contribution in [-0.2, 0) is 4.79 Å². The van der Waals surface area contributed by atoms with Crippen molar-refractivity contribution in [1.29, 1.82) is 0 Å². The van der Waals surface area contributed by atoms with Crippen molar-refractivity contribution < 1.29 is 18.3 Å². The van der Waals surface area contributed by atoms with Gasteiger partial charge in [0.15, 0.2) is 0 Å². The van der Waals surface area contributed by atoms with Crippen molar-refractivity contribution in [3.63, 3.8) is 0 Å². The molecule has 0 bridgehead atoms. The molecule has 0 saturated heterocycles. The fourth-order valence-corrected chi connectivity index (χ4v) is 2.21. The number of ether oxygens (including phenoxy) is 1. The SMILES string of the molecule is C#Cc1c(F)cc(F)c2cc(OC=O)cc(C(C)C)c12. The molecule has 2 aromatic rings. The Hall–Kier alpha value is -2.41. The molecule has 0 unspecified atom stereocenters. The van der Waals surface area contributed by atoms with Crippen LogP contribution in [0.3, 0.4) is 0 Å². The monoisotopic (exact) mass is 274 g/mol. The molecule has 0 amide bonds. The van der Waals surface area contributed by atoms with Crippen LogP contribution in [0.5, 0.6) is 5.75 Å². The lowest BCUT2D eigenvalue weighted by atomic mass is 9.92. The van der Waals surface area contributed by atoms with Crippen molar-refractivity contribution in [3.05, 3.63) is 41.0 Å². The van der Waals surface area contributed by atoms with Crippen LogP contribution < -0.4 is 4.74 Å².